The number of H-pyrrole nitrogens is 1. The molecule has 1 heterocycles. The van der Waals surface area contributed by atoms with Gasteiger partial charge in [0.1, 0.15) is 6.04 Å². The molecular weight excluding hydrogens is 235 g/mol. The van der Waals surface area contributed by atoms with Crippen LogP contribution in [0, 0.1) is 0 Å². The Morgan fingerprint density at radius 3 is 2.78 bits per heavy atom. The number of aliphatic carboxylic acids is 1. The molecule has 0 saturated carbocycles. The van der Waals surface area contributed by atoms with Crippen LogP contribution in [0.5, 0.6) is 0 Å². The molecule has 6 nitrogen and oxygen atoms in total. The minimum Gasteiger partial charge on any atom is -0.480 e. The van der Waals surface area contributed by atoms with Crippen LogP contribution in [0.25, 0.3) is 10.9 Å². The minimum absolute atomic E-state index is 0.219. The summed E-state index contributed by atoms with van der Waals surface area (Å²) in [4.78, 5) is 13.7. The molecule has 0 fully saturated rings. The molecule has 1 atom stereocenters. The first-order valence-electron chi connectivity index (χ1n) is 5.43. The van der Waals surface area contributed by atoms with Gasteiger partial charge in [0.05, 0.1) is 0 Å². The van der Waals surface area contributed by atoms with Crippen LogP contribution in [0.3, 0.4) is 0 Å². The lowest BCUT2D eigenvalue weighted by atomic mass is 9.80. The van der Waals surface area contributed by atoms with E-state index < -0.39 is 19.1 Å². The second-order valence-corrected chi connectivity index (χ2v) is 4.14. The number of nitrogens with one attached hydrogen (secondary N) is 1. The van der Waals surface area contributed by atoms with Gasteiger partial charge >= 0.3 is 13.1 Å². The quantitative estimate of drug-likeness (QED) is 0.435. The maximum absolute atomic E-state index is 10.7. The maximum atomic E-state index is 10.7. The second kappa shape index (κ2) is 4.81. The van der Waals surface area contributed by atoms with Gasteiger partial charge in [-0.2, -0.15) is 0 Å². The summed E-state index contributed by atoms with van der Waals surface area (Å²) in [6, 6.07) is 3.95. The Kier molecular flexibility index (Phi) is 3.37. The highest BCUT2D eigenvalue weighted by Crippen LogP contribution is 2.18. The third-order valence-corrected chi connectivity index (χ3v) is 2.85. The van der Waals surface area contributed by atoms with E-state index in [9.17, 15) is 4.79 Å². The highest BCUT2D eigenvalue weighted by atomic mass is 16.4. The van der Waals surface area contributed by atoms with Crippen molar-refractivity contribution in [2.24, 2.45) is 5.73 Å². The summed E-state index contributed by atoms with van der Waals surface area (Å²) >= 11 is 0. The summed E-state index contributed by atoms with van der Waals surface area (Å²) in [6.45, 7) is 0. The van der Waals surface area contributed by atoms with Crippen LogP contribution in [0.1, 0.15) is 5.56 Å². The number of nitrogens with two attached hydrogens (primary N) is 1. The lowest BCUT2D eigenvalue weighted by Gasteiger charge is -2.05. The SMILES string of the molecule is N[C@@H](Cc1c[nH]c2cc(B(O)O)ccc12)C(=O)O. The standard InChI is InChI=1S/C11H13BN2O4/c13-9(11(15)16)3-6-5-14-10-4-7(12(17)18)1-2-8(6)10/h1-2,4-5,9,14,17-18H,3,13H2,(H,15,16)/t9-/m0/s1. The summed E-state index contributed by atoms with van der Waals surface area (Å²) < 4.78 is 0. The molecule has 7 heteroatoms. The second-order valence-electron chi connectivity index (χ2n) is 4.14. The number of hydrogen-bond donors (Lipinski definition) is 5. The van der Waals surface area contributed by atoms with Gasteiger partial charge in [0.2, 0.25) is 0 Å². The van der Waals surface area contributed by atoms with E-state index in [2.05, 4.69) is 4.98 Å². The highest BCUT2D eigenvalue weighted by molar-refractivity contribution is 6.58. The van der Waals surface area contributed by atoms with Crippen LogP contribution in [-0.2, 0) is 11.2 Å². The van der Waals surface area contributed by atoms with E-state index in [0.29, 0.717) is 11.0 Å². The fraction of sp³-hybridized carbons (Fsp3) is 0.182. The molecule has 0 saturated heterocycles. The third kappa shape index (κ3) is 2.38. The van der Waals surface area contributed by atoms with Crippen molar-refractivity contribution < 1.29 is 19.9 Å². The summed E-state index contributed by atoms with van der Waals surface area (Å²) in [7, 11) is -1.53. The normalized spacial score (nSPS) is 12.6. The Morgan fingerprint density at radius 1 is 1.44 bits per heavy atom. The number of aromatic amines is 1. The van der Waals surface area contributed by atoms with Gasteiger partial charge in [-0.3, -0.25) is 4.79 Å². The predicted molar refractivity (Wildman–Crippen MR) is 67.4 cm³/mol. The molecule has 2 aromatic rings. The topological polar surface area (TPSA) is 120 Å². The summed E-state index contributed by atoms with van der Waals surface area (Å²) in [5.41, 5.74) is 7.36. The average Bonchev–Trinajstić information content (AvgIpc) is 2.71. The molecule has 0 bridgehead atoms. The first-order valence-corrected chi connectivity index (χ1v) is 5.43. The Morgan fingerprint density at radius 2 is 2.17 bits per heavy atom. The van der Waals surface area contributed by atoms with Gasteiger partial charge in [-0.05, 0) is 17.1 Å². The zero-order chi connectivity index (χ0) is 13.3. The van der Waals surface area contributed by atoms with Gasteiger partial charge in [0.25, 0.3) is 0 Å². The molecule has 1 aromatic carbocycles. The van der Waals surface area contributed by atoms with E-state index in [-0.39, 0.29) is 6.42 Å². The molecule has 0 aliphatic carbocycles. The number of benzene rings is 1. The van der Waals surface area contributed by atoms with Gasteiger partial charge in [-0.15, -0.1) is 0 Å². The Hall–Kier alpha value is -1.83. The Bertz CT molecular complexity index is 581. The summed E-state index contributed by atoms with van der Waals surface area (Å²) in [5, 5.41) is 27.7. The van der Waals surface area contributed by atoms with Crippen LogP contribution in [-0.4, -0.2) is 39.3 Å². The van der Waals surface area contributed by atoms with E-state index in [1.807, 2.05) is 0 Å². The smallest absolute Gasteiger partial charge is 0.480 e. The number of carboxylic acids is 1. The number of aromatic nitrogens is 1. The Balaban J connectivity index is 2.34. The maximum Gasteiger partial charge on any atom is 0.488 e. The molecule has 6 N–H and O–H groups in total. The van der Waals surface area contributed by atoms with E-state index >= 15 is 0 Å². The number of carboxylic acid groups (broad SMARTS) is 1. The van der Waals surface area contributed by atoms with E-state index in [4.69, 9.17) is 20.9 Å². The molecule has 2 rings (SSSR count). The average molecular weight is 248 g/mol. The van der Waals surface area contributed by atoms with Crippen molar-refractivity contribution in [2.75, 3.05) is 0 Å². The minimum atomic E-state index is -1.53. The third-order valence-electron chi connectivity index (χ3n) is 2.85. The molecule has 0 amide bonds. The lowest BCUT2D eigenvalue weighted by Crippen LogP contribution is -2.32. The molecule has 0 unspecified atom stereocenters. The fourth-order valence-electron chi connectivity index (χ4n) is 1.86. The zero-order valence-electron chi connectivity index (χ0n) is 9.50. The molecule has 0 aliphatic rings. The van der Waals surface area contributed by atoms with Gasteiger partial charge in [-0.1, -0.05) is 12.1 Å². The molecule has 94 valence electrons. The van der Waals surface area contributed by atoms with E-state index in [0.717, 1.165) is 10.9 Å². The largest absolute Gasteiger partial charge is 0.488 e. The Labute approximate surface area is 103 Å². The van der Waals surface area contributed by atoms with Crippen molar-refractivity contribution in [2.45, 2.75) is 12.5 Å². The van der Waals surface area contributed by atoms with Crippen molar-refractivity contribution >= 4 is 29.5 Å². The number of hydrogen-bond acceptors (Lipinski definition) is 4. The lowest BCUT2D eigenvalue weighted by molar-refractivity contribution is -0.138. The molecule has 0 radical (unpaired) electrons. The fourth-order valence-corrected chi connectivity index (χ4v) is 1.86. The zero-order valence-corrected chi connectivity index (χ0v) is 9.50. The molecule has 0 aliphatic heterocycles. The monoisotopic (exact) mass is 248 g/mol. The van der Waals surface area contributed by atoms with Gasteiger partial charge in [0.15, 0.2) is 0 Å². The van der Waals surface area contributed by atoms with E-state index in [1.54, 1.807) is 24.4 Å². The predicted octanol–water partition coefficient (Wildman–Crippen LogP) is -1.20. The number of fused-ring (bicyclic) bond motifs is 1. The van der Waals surface area contributed by atoms with Crippen LogP contribution < -0.4 is 11.2 Å². The summed E-state index contributed by atoms with van der Waals surface area (Å²) in [5.74, 6) is -1.05. The van der Waals surface area contributed by atoms with Crippen molar-refractivity contribution in [1.29, 1.82) is 0 Å². The molecular formula is C11H13BN2O4. The number of rotatable bonds is 4. The van der Waals surface area contributed by atoms with Gasteiger partial charge in [0, 0.05) is 23.5 Å². The van der Waals surface area contributed by atoms with Crippen LogP contribution in [0.15, 0.2) is 24.4 Å². The van der Waals surface area contributed by atoms with E-state index in [1.165, 1.54) is 0 Å². The highest BCUT2D eigenvalue weighted by Gasteiger charge is 2.16. The molecule has 0 spiro atoms. The van der Waals surface area contributed by atoms with Crippen LogP contribution in [0.4, 0.5) is 0 Å². The first-order chi connectivity index (χ1) is 8.49. The van der Waals surface area contributed by atoms with Crippen LogP contribution in [0.2, 0.25) is 0 Å². The van der Waals surface area contributed by atoms with Crippen molar-refractivity contribution in [1.82, 2.24) is 4.98 Å². The van der Waals surface area contributed by atoms with Gasteiger partial charge in [-0.25, -0.2) is 0 Å². The van der Waals surface area contributed by atoms with Crippen molar-refractivity contribution in [3.05, 3.63) is 30.0 Å². The number of carbonyl (C=O) groups is 1. The molecule has 1 aromatic heterocycles. The first kappa shape index (κ1) is 12.6. The molecule has 18 heavy (non-hydrogen) atoms. The summed E-state index contributed by atoms with van der Waals surface area (Å²) in [6.07, 6.45) is 1.90. The van der Waals surface area contributed by atoms with Crippen LogP contribution >= 0.6 is 0 Å². The van der Waals surface area contributed by atoms with Crippen molar-refractivity contribution in [3.63, 3.8) is 0 Å². The van der Waals surface area contributed by atoms with Crippen molar-refractivity contribution in [3.8, 4) is 0 Å². The van der Waals surface area contributed by atoms with Gasteiger partial charge < -0.3 is 25.9 Å².